The number of halogens is 1. The first-order valence-electron chi connectivity index (χ1n) is 4.33. The van der Waals surface area contributed by atoms with Crippen LogP contribution in [0.4, 0.5) is 4.39 Å². The summed E-state index contributed by atoms with van der Waals surface area (Å²) in [6.45, 7) is 0.448. The van der Waals surface area contributed by atoms with E-state index in [1.165, 1.54) is 7.11 Å². The molecule has 2 aliphatic rings. The van der Waals surface area contributed by atoms with Crippen molar-refractivity contribution in [3.05, 3.63) is 0 Å². The van der Waals surface area contributed by atoms with Crippen LogP contribution in [0.15, 0.2) is 0 Å². The molecule has 0 aromatic heterocycles. The molecule has 0 aromatic rings. The minimum atomic E-state index is -1.10. The highest BCUT2D eigenvalue weighted by Gasteiger charge is 2.44. The highest BCUT2D eigenvalue weighted by Crippen LogP contribution is 2.31. The van der Waals surface area contributed by atoms with Gasteiger partial charge in [-0.2, -0.15) is 0 Å². The molecule has 4 atom stereocenters. The molecule has 0 spiro atoms. The van der Waals surface area contributed by atoms with Crippen molar-refractivity contribution in [1.29, 1.82) is 0 Å². The second-order valence-electron chi connectivity index (χ2n) is 3.23. The van der Waals surface area contributed by atoms with Gasteiger partial charge in [-0.25, -0.2) is 4.39 Å². The molecule has 2 bridgehead atoms. The van der Waals surface area contributed by atoms with Crippen LogP contribution in [0, 0.1) is 0 Å². The lowest BCUT2D eigenvalue weighted by molar-refractivity contribution is -0.185. The normalized spacial score (nSPS) is 43.8. The average molecular weight is 192 g/mol. The molecule has 2 heterocycles. The van der Waals surface area contributed by atoms with Crippen LogP contribution in [0.25, 0.3) is 0 Å². The van der Waals surface area contributed by atoms with E-state index >= 15 is 0 Å². The van der Waals surface area contributed by atoms with Gasteiger partial charge in [-0.05, 0) is 0 Å². The third kappa shape index (κ3) is 1.83. The lowest BCUT2D eigenvalue weighted by Crippen LogP contribution is -2.43. The zero-order valence-electron chi connectivity index (χ0n) is 7.44. The zero-order valence-corrected chi connectivity index (χ0v) is 7.44. The molecule has 0 N–H and O–H groups in total. The van der Waals surface area contributed by atoms with Crippen LogP contribution in [0.2, 0.25) is 0 Å². The predicted octanol–water partition coefficient (Wildman–Crippen LogP) is 0.459. The van der Waals surface area contributed by atoms with Gasteiger partial charge in [-0.15, -0.1) is 0 Å². The van der Waals surface area contributed by atoms with E-state index in [4.69, 9.17) is 18.9 Å². The van der Waals surface area contributed by atoms with E-state index in [0.717, 1.165) is 0 Å². The summed E-state index contributed by atoms with van der Waals surface area (Å²) in [5, 5.41) is 0. The molecule has 4 nitrogen and oxygen atoms in total. The van der Waals surface area contributed by atoms with Crippen LogP contribution in [0.5, 0.6) is 0 Å². The fourth-order valence-electron chi connectivity index (χ4n) is 1.64. The second-order valence-corrected chi connectivity index (χ2v) is 3.23. The van der Waals surface area contributed by atoms with E-state index in [1.807, 2.05) is 0 Å². The van der Waals surface area contributed by atoms with E-state index in [9.17, 15) is 4.39 Å². The molecule has 0 saturated carbocycles. The number of hydrogen-bond acceptors (Lipinski definition) is 4. The Balaban J connectivity index is 1.89. The van der Waals surface area contributed by atoms with Gasteiger partial charge in [-0.1, -0.05) is 0 Å². The Morgan fingerprint density at radius 2 is 2.38 bits per heavy atom. The quantitative estimate of drug-likeness (QED) is 0.609. The Labute approximate surface area is 75.9 Å². The highest BCUT2D eigenvalue weighted by atomic mass is 19.1. The molecular formula is C8H13FO4. The summed E-state index contributed by atoms with van der Waals surface area (Å²) in [5.41, 5.74) is 0. The van der Waals surface area contributed by atoms with E-state index in [-0.39, 0.29) is 13.1 Å². The third-order valence-electron chi connectivity index (χ3n) is 2.31. The Kier molecular flexibility index (Phi) is 2.78. The number of methoxy groups -OCH3 is 1. The molecule has 2 rings (SSSR count). The van der Waals surface area contributed by atoms with Crippen molar-refractivity contribution in [1.82, 2.24) is 0 Å². The van der Waals surface area contributed by atoms with Crippen molar-refractivity contribution in [3.8, 4) is 0 Å². The Morgan fingerprint density at radius 3 is 3.15 bits per heavy atom. The Bertz CT molecular complexity index is 178. The zero-order chi connectivity index (χ0) is 9.26. The van der Waals surface area contributed by atoms with Crippen LogP contribution >= 0.6 is 0 Å². The number of alkyl halides is 1. The maximum atomic E-state index is 13.5. The fourth-order valence-corrected chi connectivity index (χ4v) is 1.64. The van der Waals surface area contributed by atoms with Crippen LogP contribution in [0.1, 0.15) is 6.42 Å². The smallest absolute Gasteiger partial charge is 0.160 e. The topological polar surface area (TPSA) is 36.9 Å². The van der Waals surface area contributed by atoms with Crippen LogP contribution in [-0.4, -0.2) is 45.2 Å². The number of hydrogen-bond donors (Lipinski definition) is 0. The van der Waals surface area contributed by atoms with Gasteiger partial charge in [0.25, 0.3) is 0 Å². The maximum absolute atomic E-state index is 13.5. The summed E-state index contributed by atoms with van der Waals surface area (Å²) in [7, 11) is 1.51. The van der Waals surface area contributed by atoms with Crippen LogP contribution < -0.4 is 0 Å². The largest absolute Gasteiger partial charge is 0.359 e. The van der Waals surface area contributed by atoms with Crippen molar-refractivity contribution in [2.45, 2.75) is 31.1 Å². The SMILES string of the molecule is COCOC1CC2OCC(O2)C1F. The van der Waals surface area contributed by atoms with Crippen molar-refractivity contribution >= 4 is 0 Å². The molecular weight excluding hydrogens is 179 g/mol. The first-order valence-corrected chi connectivity index (χ1v) is 4.33. The van der Waals surface area contributed by atoms with Gasteiger partial charge in [0.2, 0.25) is 0 Å². The standard InChI is InChI=1S/C8H13FO4/c1-10-4-12-5-2-7-11-3-6(13-7)8(5)9/h5-8H,2-4H2,1H3. The van der Waals surface area contributed by atoms with Gasteiger partial charge in [0.15, 0.2) is 12.5 Å². The molecule has 2 aliphatic heterocycles. The lowest BCUT2D eigenvalue weighted by Gasteiger charge is -2.29. The summed E-state index contributed by atoms with van der Waals surface area (Å²) in [5.74, 6) is 0. The van der Waals surface area contributed by atoms with Gasteiger partial charge in [0.05, 0.1) is 12.7 Å². The number of ether oxygens (including phenoxy) is 4. The van der Waals surface area contributed by atoms with E-state index in [0.29, 0.717) is 13.0 Å². The molecule has 0 aromatic carbocycles. The molecule has 2 saturated heterocycles. The van der Waals surface area contributed by atoms with Crippen molar-refractivity contribution in [3.63, 3.8) is 0 Å². The molecule has 0 aliphatic carbocycles. The van der Waals surface area contributed by atoms with Gasteiger partial charge < -0.3 is 18.9 Å². The Morgan fingerprint density at radius 1 is 1.54 bits per heavy atom. The summed E-state index contributed by atoms with van der Waals surface area (Å²) < 4.78 is 33.7. The number of rotatable bonds is 3. The lowest BCUT2D eigenvalue weighted by atomic mass is 10.1. The summed E-state index contributed by atoms with van der Waals surface area (Å²) in [4.78, 5) is 0. The maximum Gasteiger partial charge on any atom is 0.160 e. The average Bonchev–Trinajstić information content (AvgIpc) is 2.54. The molecule has 0 radical (unpaired) electrons. The monoisotopic (exact) mass is 192 g/mol. The van der Waals surface area contributed by atoms with E-state index in [1.54, 1.807) is 0 Å². The van der Waals surface area contributed by atoms with Crippen LogP contribution in [0.3, 0.4) is 0 Å². The molecule has 2 fully saturated rings. The third-order valence-corrected chi connectivity index (χ3v) is 2.31. The molecule has 76 valence electrons. The van der Waals surface area contributed by atoms with Gasteiger partial charge in [0, 0.05) is 13.5 Å². The number of fused-ring (bicyclic) bond motifs is 2. The summed E-state index contributed by atoms with van der Waals surface area (Å²) in [6, 6.07) is 0. The van der Waals surface area contributed by atoms with Crippen molar-refractivity contribution in [2.75, 3.05) is 20.5 Å². The van der Waals surface area contributed by atoms with Gasteiger partial charge >= 0.3 is 0 Å². The first-order chi connectivity index (χ1) is 6.31. The van der Waals surface area contributed by atoms with Crippen molar-refractivity contribution in [2.24, 2.45) is 0 Å². The molecule has 13 heavy (non-hydrogen) atoms. The van der Waals surface area contributed by atoms with Gasteiger partial charge in [0.1, 0.15) is 12.9 Å². The summed E-state index contributed by atoms with van der Waals surface area (Å²) in [6.07, 6.45) is -1.86. The fraction of sp³-hybridized carbons (Fsp3) is 1.00. The minimum absolute atomic E-state index is 0.116. The molecule has 5 heteroatoms. The highest BCUT2D eigenvalue weighted by molar-refractivity contribution is 4.87. The molecule has 4 unspecified atom stereocenters. The Hall–Kier alpha value is -0.230. The van der Waals surface area contributed by atoms with Gasteiger partial charge in [-0.3, -0.25) is 0 Å². The second kappa shape index (κ2) is 3.88. The minimum Gasteiger partial charge on any atom is -0.359 e. The predicted molar refractivity (Wildman–Crippen MR) is 40.9 cm³/mol. The van der Waals surface area contributed by atoms with Crippen LogP contribution in [-0.2, 0) is 18.9 Å². The van der Waals surface area contributed by atoms with E-state index < -0.39 is 18.4 Å². The summed E-state index contributed by atoms with van der Waals surface area (Å²) >= 11 is 0. The first kappa shape index (κ1) is 9.33. The molecule has 0 amide bonds. The van der Waals surface area contributed by atoms with Crippen molar-refractivity contribution < 1.29 is 23.3 Å². The van der Waals surface area contributed by atoms with E-state index in [2.05, 4.69) is 0 Å².